The minimum Gasteiger partial charge on any atom is -0.350 e. The van der Waals surface area contributed by atoms with Gasteiger partial charge in [-0.05, 0) is 54.4 Å². The summed E-state index contributed by atoms with van der Waals surface area (Å²) in [7, 11) is 0. The Morgan fingerprint density at radius 2 is 1.96 bits per heavy atom. The summed E-state index contributed by atoms with van der Waals surface area (Å²) in [4.78, 5) is 16.7. The van der Waals surface area contributed by atoms with Gasteiger partial charge in [-0.15, -0.1) is 11.3 Å². The summed E-state index contributed by atoms with van der Waals surface area (Å²) in [6.07, 6.45) is 4.37. The average Bonchev–Trinajstić information content (AvgIpc) is 3.39. The van der Waals surface area contributed by atoms with Crippen molar-refractivity contribution >= 4 is 17.2 Å². The van der Waals surface area contributed by atoms with Crippen LogP contribution in [0.2, 0.25) is 0 Å². The molecule has 28 heavy (non-hydrogen) atoms. The minimum atomic E-state index is 0.0244. The molecule has 1 atom stereocenters. The fourth-order valence-electron chi connectivity index (χ4n) is 3.95. The number of nitrogens with one attached hydrogen (secondary N) is 1. The van der Waals surface area contributed by atoms with Gasteiger partial charge in [-0.25, -0.2) is 0 Å². The van der Waals surface area contributed by atoms with Crippen LogP contribution in [0.1, 0.15) is 33.8 Å². The molecule has 3 heterocycles. The summed E-state index contributed by atoms with van der Waals surface area (Å²) >= 11 is 1.82. The van der Waals surface area contributed by atoms with Gasteiger partial charge in [0.2, 0.25) is 0 Å². The molecule has 1 aromatic carbocycles. The average molecular weight is 394 g/mol. The van der Waals surface area contributed by atoms with Crippen LogP contribution >= 0.6 is 11.3 Å². The standard InChI is InChI=1S/C23H27N3OS/c27-23(22-11-5-13-26(22)17-19-7-2-1-3-8-19)24-15-20-9-4-12-25(16-20)18-21-10-6-14-28-21/h1-3,5-8,10-11,13-14,20H,4,9,12,15-18H2,(H,24,27). The zero-order chi connectivity index (χ0) is 19.2. The molecule has 5 heteroatoms. The van der Waals surface area contributed by atoms with Crippen LogP contribution < -0.4 is 5.32 Å². The van der Waals surface area contributed by atoms with Crippen molar-refractivity contribution in [2.45, 2.75) is 25.9 Å². The molecule has 3 aromatic rings. The number of nitrogens with zero attached hydrogens (tertiary/aromatic N) is 2. The largest absolute Gasteiger partial charge is 0.350 e. The fourth-order valence-corrected chi connectivity index (χ4v) is 4.70. The second-order valence-corrected chi connectivity index (χ2v) is 8.57. The van der Waals surface area contributed by atoms with Gasteiger partial charge in [0.15, 0.2) is 0 Å². The van der Waals surface area contributed by atoms with Gasteiger partial charge in [-0.3, -0.25) is 9.69 Å². The van der Waals surface area contributed by atoms with E-state index in [4.69, 9.17) is 0 Å². The molecule has 0 aliphatic carbocycles. The fraction of sp³-hybridized carbons (Fsp3) is 0.348. The Morgan fingerprint density at radius 3 is 2.79 bits per heavy atom. The molecule has 0 bridgehead atoms. The first-order valence-electron chi connectivity index (χ1n) is 10.00. The van der Waals surface area contributed by atoms with E-state index in [1.807, 2.05) is 52.4 Å². The summed E-state index contributed by atoms with van der Waals surface area (Å²) < 4.78 is 2.02. The molecule has 4 rings (SSSR count). The van der Waals surface area contributed by atoms with Crippen molar-refractivity contribution in [2.24, 2.45) is 5.92 Å². The molecule has 1 N–H and O–H groups in total. The number of hydrogen-bond donors (Lipinski definition) is 1. The SMILES string of the molecule is O=C(NCC1CCCN(Cc2cccs2)C1)c1cccn1Cc1ccccc1. The maximum absolute atomic E-state index is 12.8. The lowest BCUT2D eigenvalue weighted by Gasteiger charge is -2.32. The zero-order valence-corrected chi connectivity index (χ0v) is 16.9. The number of amides is 1. The number of piperidine rings is 1. The molecule has 1 amide bonds. The van der Waals surface area contributed by atoms with E-state index in [9.17, 15) is 4.79 Å². The molecule has 1 fully saturated rings. The second-order valence-electron chi connectivity index (χ2n) is 7.54. The van der Waals surface area contributed by atoms with E-state index >= 15 is 0 Å². The van der Waals surface area contributed by atoms with Gasteiger partial charge in [0.05, 0.1) is 0 Å². The molecule has 2 aromatic heterocycles. The van der Waals surface area contributed by atoms with Crippen molar-refractivity contribution in [3.05, 3.63) is 82.3 Å². The van der Waals surface area contributed by atoms with Gasteiger partial charge in [-0.1, -0.05) is 36.4 Å². The summed E-state index contributed by atoms with van der Waals surface area (Å²) in [5.41, 5.74) is 1.93. The summed E-state index contributed by atoms with van der Waals surface area (Å²) in [5, 5.41) is 5.32. The third-order valence-corrected chi connectivity index (χ3v) is 6.23. The predicted molar refractivity (Wildman–Crippen MR) is 115 cm³/mol. The van der Waals surface area contributed by atoms with E-state index in [2.05, 4.69) is 39.9 Å². The van der Waals surface area contributed by atoms with Crippen LogP contribution in [-0.2, 0) is 13.1 Å². The van der Waals surface area contributed by atoms with Gasteiger partial charge >= 0.3 is 0 Å². The van der Waals surface area contributed by atoms with Crippen molar-refractivity contribution in [3.8, 4) is 0 Å². The van der Waals surface area contributed by atoms with Crippen molar-refractivity contribution in [1.82, 2.24) is 14.8 Å². The Bertz CT molecular complexity index is 872. The number of aromatic nitrogens is 1. The monoisotopic (exact) mass is 393 g/mol. The molecular weight excluding hydrogens is 366 g/mol. The van der Waals surface area contributed by atoms with Crippen LogP contribution in [0.25, 0.3) is 0 Å². The van der Waals surface area contributed by atoms with Crippen molar-refractivity contribution in [3.63, 3.8) is 0 Å². The number of benzene rings is 1. The molecule has 146 valence electrons. The first-order chi connectivity index (χ1) is 13.8. The maximum atomic E-state index is 12.8. The van der Waals surface area contributed by atoms with E-state index in [0.717, 1.165) is 31.9 Å². The Morgan fingerprint density at radius 1 is 1.07 bits per heavy atom. The zero-order valence-electron chi connectivity index (χ0n) is 16.1. The van der Waals surface area contributed by atoms with Gasteiger partial charge in [0.1, 0.15) is 5.69 Å². The van der Waals surface area contributed by atoms with Crippen molar-refractivity contribution < 1.29 is 4.79 Å². The molecule has 0 saturated carbocycles. The maximum Gasteiger partial charge on any atom is 0.267 e. The third kappa shape index (κ3) is 4.91. The normalized spacial score (nSPS) is 17.5. The predicted octanol–water partition coefficient (Wildman–Crippen LogP) is 4.24. The number of likely N-dealkylation sites (tertiary alicyclic amines) is 1. The first kappa shape index (κ1) is 19.0. The summed E-state index contributed by atoms with van der Waals surface area (Å²) in [6, 6.07) is 18.4. The molecule has 1 aliphatic heterocycles. The minimum absolute atomic E-state index is 0.0244. The number of carbonyl (C=O) groups is 1. The molecule has 0 spiro atoms. The quantitative estimate of drug-likeness (QED) is 0.652. The van der Waals surface area contributed by atoms with Crippen LogP contribution in [0.3, 0.4) is 0 Å². The summed E-state index contributed by atoms with van der Waals surface area (Å²) in [6.45, 7) is 4.71. The lowest BCUT2D eigenvalue weighted by molar-refractivity contribution is 0.0922. The second kappa shape index (κ2) is 9.22. The Labute approximate surface area is 170 Å². The highest BCUT2D eigenvalue weighted by Gasteiger charge is 2.21. The molecule has 1 saturated heterocycles. The van der Waals surface area contributed by atoms with Crippen LogP contribution in [0.15, 0.2) is 66.2 Å². The molecule has 1 aliphatic rings. The van der Waals surface area contributed by atoms with E-state index in [1.54, 1.807) is 0 Å². The highest BCUT2D eigenvalue weighted by Crippen LogP contribution is 2.20. The lowest BCUT2D eigenvalue weighted by atomic mass is 9.98. The van der Waals surface area contributed by atoms with E-state index in [1.165, 1.54) is 23.3 Å². The third-order valence-electron chi connectivity index (χ3n) is 5.37. The van der Waals surface area contributed by atoms with Crippen LogP contribution in [0, 0.1) is 5.92 Å². The van der Waals surface area contributed by atoms with Gasteiger partial charge in [-0.2, -0.15) is 0 Å². The lowest BCUT2D eigenvalue weighted by Crippen LogP contribution is -2.40. The van der Waals surface area contributed by atoms with E-state index < -0.39 is 0 Å². The molecule has 0 radical (unpaired) electrons. The van der Waals surface area contributed by atoms with Crippen LogP contribution in [-0.4, -0.2) is 35.0 Å². The first-order valence-corrected chi connectivity index (χ1v) is 10.9. The Kier molecular flexibility index (Phi) is 6.24. The van der Waals surface area contributed by atoms with Gasteiger partial charge in [0, 0.05) is 37.3 Å². The van der Waals surface area contributed by atoms with Crippen LogP contribution in [0.4, 0.5) is 0 Å². The number of rotatable bonds is 7. The van der Waals surface area contributed by atoms with Gasteiger partial charge < -0.3 is 9.88 Å². The van der Waals surface area contributed by atoms with Crippen molar-refractivity contribution in [1.29, 1.82) is 0 Å². The van der Waals surface area contributed by atoms with E-state index in [-0.39, 0.29) is 5.91 Å². The number of hydrogen-bond acceptors (Lipinski definition) is 3. The van der Waals surface area contributed by atoms with Gasteiger partial charge in [0.25, 0.3) is 5.91 Å². The smallest absolute Gasteiger partial charge is 0.267 e. The molecular formula is C23H27N3OS. The summed E-state index contributed by atoms with van der Waals surface area (Å²) in [5.74, 6) is 0.548. The van der Waals surface area contributed by atoms with E-state index in [0.29, 0.717) is 12.5 Å². The molecule has 1 unspecified atom stereocenters. The highest BCUT2D eigenvalue weighted by atomic mass is 32.1. The van der Waals surface area contributed by atoms with Crippen LogP contribution in [0.5, 0.6) is 0 Å². The molecule has 4 nitrogen and oxygen atoms in total. The number of thiophene rings is 1. The Hall–Kier alpha value is -2.37. The Balaban J connectivity index is 1.30. The highest BCUT2D eigenvalue weighted by molar-refractivity contribution is 7.09. The van der Waals surface area contributed by atoms with Crippen molar-refractivity contribution in [2.75, 3.05) is 19.6 Å². The number of carbonyl (C=O) groups excluding carboxylic acids is 1. The topological polar surface area (TPSA) is 37.3 Å².